The van der Waals surface area contributed by atoms with Crippen molar-refractivity contribution in [3.63, 3.8) is 0 Å². The van der Waals surface area contributed by atoms with Crippen LogP contribution in [0, 0.1) is 0 Å². The van der Waals surface area contributed by atoms with E-state index in [1.165, 1.54) is 4.90 Å². The Balaban J connectivity index is 2.14. The van der Waals surface area contributed by atoms with Gasteiger partial charge in [-0.15, -0.1) is 0 Å². The summed E-state index contributed by atoms with van der Waals surface area (Å²) in [5.74, 6) is -3.59. The Labute approximate surface area is 203 Å². The second-order valence-electron chi connectivity index (χ2n) is 8.13. The number of rotatable bonds is 12. The number of likely N-dealkylation sites (tertiary alicyclic amines) is 1. The SMILES string of the molecule is NC(=O)CCC(N)C(=O)NC(Cc1ccccc1)C(=O)NC(CS)C(=O)N1CCCC1C(=O)O. The minimum atomic E-state index is -1.10. The summed E-state index contributed by atoms with van der Waals surface area (Å²) in [5, 5.41) is 14.5. The number of carboxylic acids is 1. The zero-order valence-corrected chi connectivity index (χ0v) is 19.6. The molecule has 4 atom stereocenters. The Bertz CT molecular complexity index is 899. The molecule has 0 spiro atoms. The molecule has 4 unspecified atom stereocenters. The molecule has 1 saturated heterocycles. The lowest BCUT2D eigenvalue weighted by molar-refractivity contribution is -0.149. The lowest BCUT2D eigenvalue weighted by Crippen LogP contribution is -2.58. The van der Waals surface area contributed by atoms with Crippen molar-refractivity contribution in [3.05, 3.63) is 35.9 Å². The number of benzene rings is 1. The average molecular weight is 494 g/mol. The van der Waals surface area contributed by atoms with E-state index in [9.17, 15) is 29.1 Å². The van der Waals surface area contributed by atoms with Crippen molar-refractivity contribution in [3.8, 4) is 0 Å². The highest BCUT2D eigenvalue weighted by molar-refractivity contribution is 7.80. The second kappa shape index (κ2) is 12.9. The van der Waals surface area contributed by atoms with Crippen LogP contribution in [0.1, 0.15) is 31.2 Å². The van der Waals surface area contributed by atoms with Gasteiger partial charge in [0, 0.05) is 25.1 Å². The monoisotopic (exact) mass is 493 g/mol. The minimum Gasteiger partial charge on any atom is -0.480 e. The molecule has 0 radical (unpaired) electrons. The number of carboxylic acid groups (broad SMARTS) is 1. The first-order valence-corrected chi connectivity index (χ1v) is 11.6. The molecule has 1 heterocycles. The maximum absolute atomic E-state index is 13.1. The third kappa shape index (κ3) is 7.73. The molecule has 0 saturated carbocycles. The lowest BCUT2D eigenvalue weighted by Gasteiger charge is -2.28. The van der Waals surface area contributed by atoms with Crippen LogP contribution in [-0.4, -0.2) is 76.1 Å². The Morgan fingerprint density at radius 3 is 2.32 bits per heavy atom. The van der Waals surface area contributed by atoms with Gasteiger partial charge in [-0.1, -0.05) is 30.3 Å². The zero-order valence-electron chi connectivity index (χ0n) is 18.7. The zero-order chi connectivity index (χ0) is 25.3. The molecule has 1 aromatic rings. The van der Waals surface area contributed by atoms with Crippen LogP contribution in [0.3, 0.4) is 0 Å². The van der Waals surface area contributed by atoms with E-state index in [0.29, 0.717) is 12.8 Å². The van der Waals surface area contributed by atoms with Crippen LogP contribution < -0.4 is 22.1 Å². The van der Waals surface area contributed by atoms with Gasteiger partial charge in [0.05, 0.1) is 6.04 Å². The van der Waals surface area contributed by atoms with Crippen molar-refractivity contribution in [2.75, 3.05) is 12.3 Å². The van der Waals surface area contributed by atoms with Gasteiger partial charge in [0.15, 0.2) is 0 Å². The molecule has 1 aliphatic rings. The van der Waals surface area contributed by atoms with E-state index in [0.717, 1.165) is 5.56 Å². The van der Waals surface area contributed by atoms with Gasteiger partial charge in [-0.25, -0.2) is 4.79 Å². The van der Waals surface area contributed by atoms with Gasteiger partial charge >= 0.3 is 5.97 Å². The lowest BCUT2D eigenvalue weighted by atomic mass is 10.0. The molecular formula is C22H31N5O6S. The van der Waals surface area contributed by atoms with Gasteiger partial charge < -0.3 is 32.1 Å². The fraction of sp³-hybridized carbons (Fsp3) is 0.500. The Morgan fingerprint density at radius 2 is 1.74 bits per heavy atom. The number of nitrogens with one attached hydrogen (secondary N) is 2. The van der Waals surface area contributed by atoms with E-state index >= 15 is 0 Å². The maximum Gasteiger partial charge on any atom is 0.326 e. The summed E-state index contributed by atoms with van der Waals surface area (Å²) in [6, 6.07) is 4.78. The van der Waals surface area contributed by atoms with Crippen LogP contribution in [0.5, 0.6) is 0 Å². The Hall–Kier alpha value is -3.12. The number of hydrogen-bond acceptors (Lipinski definition) is 7. The first kappa shape index (κ1) is 27.1. The number of thiol groups is 1. The highest BCUT2D eigenvalue weighted by Crippen LogP contribution is 2.19. The summed E-state index contributed by atoms with van der Waals surface area (Å²) in [4.78, 5) is 62.3. The molecule has 186 valence electrons. The van der Waals surface area contributed by atoms with Crippen LogP contribution in [0.4, 0.5) is 0 Å². The summed E-state index contributed by atoms with van der Waals surface area (Å²) in [6.07, 6.45) is 0.941. The van der Waals surface area contributed by atoms with Crippen molar-refractivity contribution in [1.29, 1.82) is 0 Å². The highest BCUT2D eigenvalue weighted by Gasteiger charge is 2.38. The fourth-order valence-corrected chi connectivity index (χ4v) is 3.96. The molecule has 0 aromatic heterocycles. The Kier molecular flexibility index (Phi) is 10.3. The molecular weight excluding hydrogens is 462 g/mol. The normalized spacial score (nSPS) is 17.9. The summed E-state index contributed by atoms with van der Waals surface area (Å²) in [6.45, 7) is 0.273. The first-order chi connectivity index (χ1) is 16.1. The molecule has 4 amide bonds. The molecule has 2 rings (SSSR count). The molecule has 1 aromatic carbocycles. The average Bonchev–Trinajstić information content (AvgIpc) is 3.31. The van der Waals surface area contributed by atoms with E-state index in [-0.39, 0.29) is 31.6 Å². The van der Waals surface area contributed by atoms with Gasteiger partial charge in [-0.05, 0) is 24.8 Å². The molecule has 0 bridgehead atoms. The largest absolute Gasteiger partial charge is 0.480 e. The molecule has 7 N–H and O–H groups in total. The van der Waals surface area contributed by atoms with Crippen molar-refractivity contribution >= 4 is 42.2 Å². The molecule has 0 aliphatic carbocycles. The van der Waals surface area contributed by atoms with Crippen molar-refractivity contribution in [2.24, 2.45) is 11.5 Å². The predicted molar refractivity (Wildman–Crippen MR) is 127 cm³/mol. The summed E-state index contributed by atoms with van der Waals surface area (Å²) < 4.78 is 0. The minimum absolute atomic E-state index is 0.0180. The quantitative estimate of drug-likeness (QED) is 0.197. The molecule has 1 aliphatic heterocycles. The third-order valence-electron chi connectivity index (χ3n) is 5.57. The highest BCUT2D eigenvalue weighted by atomic mass is 32.1. The topological polar surface area (TPSA) is 185 Å². The van der Waals surface area contributed by atoms with Crippen LogP contribution in [0.25, 0.3) is 0 Å². The van der Waals surface area contributed by atoms with Gasteiger partial charge in [-0.2, -0.15) is 12.6 Å². The van der Waals surface area contributed by atoms with Crippen LogP contribution in [-0.2, 0) is 30.4 Å². The number of aliphatic carboxylic acids is 1. The number of carbonyl (C=O) groups excluding carboxylic acids is 4. The summed E-state index contributed by atoms with van der Waals surface area (Å²) >= 11 is 4.16. The second-order valence-corrected chi connectivity index (χ2v) is 8.50. The molecule has 1 fully saturated rings. The van der Waals surface area contributed by atoms with Gasteiger partial charge in [-0.3, -0.25) is 19.2 Å². The summed E-state index contributed by atoms with van der Waals surface area (Å²) in [7, 11) is 0. The van der Waals surface area contributed by atoms with Crippen LogP contribution >= 0.6 is 12.6 Å². The number of hydrogen-bond donors (Lipinski definition) is 6. The van der Waals surface area contributed by atoms with Gasteiger partial charge in [0.1, 0.15) is 18.1 Å². The number of nitrogens with two attached hydrogens (primary N) is 2. The van der Waals surface area contributed by atoms with Gasteiger partial charge in [0.2, 0.25) is 23.6 Å². The van der Waals surface area contributed by atoms with Crippen LogP contribution in [0.2, 0.25) is 0 Å². The summed E-state index contributed by atoms with van der Waals surface area (Å²) in [5.41, 5.74) is 11.7. The molecule has 12 heteroatoms. The van der Waals surface area contributed by atoms with Crippen molar-refractivity contribution in [1.82, 2.24) is 15.5 Å². The number of amides is 4. The van der Waals surface area contributed by atoms with Crippen LogP contribution in [0.15, 0.2) is 30.3 Å². The molecule has 34 heavy (non-hydrogen) atoms. The Morgan fingerprint density at radius 1 is 1.09 bits per heavy atom. The van der Waals surface area contributed by atoms with Gasteiger partial charge in [0.25, 0.3) is 0 Å². The molecule has 11 nitrogen and oxygen atoms in total. The van der Waals surface area contributed by atoms with Crippen molar-refractivity contribution < 1.29 is 29.1 Å². The number of primary amides is 1. The van der Waals surface area contributed by atoms with E-state index in [2.05, 4.69) is 23.3 Å². The van der Waals surface area contributed by atoms with E-state index in [1.54, 1.807) is 30.3 Å². The van der Waals surface area contributed by atoms with Crippen molar-refractivity contribution in [2.45, 2.75) is 56.3 Å². The fourth-order valence-electron chi connectivity index (χ4n) is 3.71. The van der Waals surface area contributed by atoms with E-state index in [4.69, 9.17) is 11.5 Å². The van der Waals surface area contributed by atoms with E-state index in [1.807, 2.05) is 0 Å². The third-order valence-corrected chi connectivity index (χ3v) is 5.94. The number of nitrogens with zero attached hydrogens (tertiary/aromatic N) is 1. The smallest absolute Gasteiger partial charge is 0.326 e. The van der Waals surface area contributed by atoms with E-state index < -0.39 is 53.8 Å². The first-order valence-electron chi connectivity index (χ1n) is 11.0. The maximum atomic E-state index is 13.1. The standard InChI is InChI=1S/C22H31N5O6S/c23-14(8-9-18(24)28)19(29)25-15(11-13-5-2-1-3-6-13)20(30)26-16(12-34)21(31)27-10-4-7-17(27)22(32)33/h1-3,5-6,14-17,34H,4,7-12,23H2,(H2,24,28)(H,25,29)(H,26,30)(H,32,33). The number of carbonyl (C=O) groups is 5. The predicted octanol–water partition coefficient (Wildman–Crippen LogP) is -1.20.